The first-order valence-electron chi connectivity index (χ1n) is 7.70. The molecular weight excluding hydrogens is 264 g/mol. The van der Waals surface area contributed by atoms with Gasteiger partial charge in [-0.3, -0.25) is 4.79 Å². The van der Waals surface area contributed by atoms with E-state index in [1.54, 1.807) is 6.08 Å². The average molecular weight is 290 g/mol. The first-order chi connectivity index (χ1) is 9.83. The zero-order valence-corrected chi connectivity index (χ0v) is 13.3. The zero-order chi connectivity index (χ0) is 14.5. The van der Waals surface area contributed by atoms with Crippen LogP contribution in [0, 0.1) is 0 Å². The molecule has 0 spiro atoms. The van der Waals surface area contributed by atoms with E-state index in [0.29, 0.717) is 0 Å². The van der Waals surface area contributed by atoms with Gasteiger partial charge in [0, 0.05) is 5.75 Å². The number of hydrogen-bond acceptors (Lipinski definition) is 2. The molecule has 0 N–H and O–H groups in total. The normalized spacial score (nSPS) is 11.1. The second-order valence-electron chi connectivity index (χ2n) is 5.01. The fourth-order valence-electron chi connectivity index (χ4n) is 2.01. The quantitative estimate of drug-likeness (QED) is 0.423. The molecule has 0 fully saturated rings. The highest BCUT2D eigenvalue weighted by molar-refractivity contribution is 8.14. The molecule has 0 aliphatic carbocycles. The number of carbonyl (C=O) groups is 1. The first kappa shape index (κ1) is 17.0. The maximum Gasteiger partial charge on any atom is 0.211 e. The Kier molecular flexibility index (Phi) is 10.0. The highest BCUT2D eigenvalue weighted by Gasteiger charge is 1.98. The first-order valence-corrected chi connectivity index (χ1v) is 8.68. The third-order valence-electron chi connectivity index (χ3n) is 3.21. The zero-order valence-electron chi connectivity index (χ0n) is 12.5. The molecule has 0 radical (unpaired) electrons. The molecule has 0 heterocycles. The van der Waals surface area contributed by atoms with Crippen molar-refractivity contribution in [2.75, 3.05) is 5.75 Å². The molecule has 2 heteroatoms. The van der Waals surface area contributed by atoms with Gasteiger partial charge >= 0.3 is 0 Å². The van der Waals surface area contributed by atoms with Crippen molar-refractivity contribution in [1.82, 2.24) is 0 Å². The predicted molar refractivity (Wildman–Crippen MR) is 90.1 cm³/mol. The monoisotopic (exact) mass is 290 g/mol. The summed E-state index contributed by atoms with van der Waals surface area (Å²) in [4.78, 5) is 11.6. The van der Waals surface area contributed by atoms with Gasteiger partial charge in [-0.05, 0) is 30.9 Å². The lowest BCUT2D eigenvalue weighted by Crippen LogP contribution is -1.92. The molecule has 110 valence electrons. The van der Waals surface area contributed by atoms with Crippen LogP contribution in [0.5, 0.6) is 0 Å². The number of carbonyl (C=O) groups excluding carboxylic acids is 1. The Morgan fingerprint density at radius 3 is 2.60 bits per heavy atom. The number of allylic oxidation sites excluding steroid dienone is 1. The Morgan fingerprint density at radius 2 is 1.85 bits per heavy atom. The van der Waals surface area contributed by atoms with Crippen LogP contribution in [0.1, 0.15) is 51.0 Å². The van der Waals surface area contributed by atoms with Crippen molar-refractivity contribution in [3.63, 3.8) is 0 Å². The Balaban J connectivity index is 2.02. The van der Waals surface area contributed by atoms with E-state index in [1.165, 1.54) is 49.4 Å². The molecule has 0 aliphatic heterocycles. The molecule has 0 unspecified atom stereocenters. The van der Waals surface area contributed by atoms with Crippen LogP contribution >= 0.6 is 11.8 Å². The molecule has 0 aliphatic rings. The van der Waals surface area contributed by atoms with Gasteiger partial charge in [-0.15, -0.1) is 0 Å². The number of unbranched alkanes of at least 4 members (excludes halogenated alkanes) is 5. The number of rotatable bonds is 10. The fourth-order valence-corrected chi connectivity index (χ4v) is 2.74. The summed E-state index contributed by atoms with van der Waals surface area (Å²) in [5, 5.41) is 0.189. The van der Waals surface area contributed by atoms with E-state index < -0.39 is 0 Å². The molecular formula is C18H26OS. The molecule has 1 rings (SSSR count). The summed E-state index contributed by atoms with van der Waals surface area (Å²) in [6.07, 6.45) is 12.2. The van der Waals surface area contributed by atoms with E-state index in [9.17, 15) is 4.79 Å². The summed E-state index contributed by atoms with van der Waals surface area (Å²) in [5.41, 5.74) is 1.30. The van der Waals surface area contributed by atoms with E-state index in [1.807, 2.05) is 24.3 Å². The molecule has 0 saturated heterocycles. The van der Waals surface area contributed by atoms with Crippen LogP contribution in [0.15, 0.2) is 42.5 Å². The minimum absolute atomic E-state index is 0.189. The van der Waals surface area contributed by atoms with Gasteiger partial charge in [0.1, 0.15) is 0 Å². The molecule has 1 nitrogen and oxygen atoms in total. The van der Waals surface area contributed by atoms with Crippen molar-refractivity contribution < 1.29 is 4.79 Å². The molecule has 0 aromatic heterocycles. The highest BCUT2D eigenvalue weighted by Crippen LogP contribution is 2.10. The molecule has 1 aromatic carbocycles. The maximum absolute atomic E-state index is 11.6. The maximum atomic E-state index is 11.6. The lowest BCUT2D eigenvalue weighted by molar-refractivity contribution is -0.107. The Morgan fingerprint density at radius 1 is 1.10 bits per heavy atom. The van der Waals surface area contributed by atoms with E-state index in [0.717, 1.165) is 18.6 Å². The van der Waals surface area contributed by atoms with Gasteiger partial charge < -0.3 is 0 Å². The smallest absolute Gasteiger partial charge is 0.211 e. The van der Waals surface area contributed by atoms with E-state index in [-0.39, 0.29) is 5.12 Å². The van der Waals surface area contributed by atoms with E-state index in [4.69, 9.17) is 0 Å². The van der Waals surface area contributed by atoms with Crippen molar-refractivity contribution in [2.45, 2.75) is 51.9 Å². The van der Waals surface area contributed by atoms with E-state index in [2.05, 4.69) is 19.1 Å². The van der Waals surface area contributed by atoms with Gasteiger partial charge in [0.2, 0.25) is 5.12 Å². The Hall–Kier alpha value is -1.02. The molecule has 0 amide bonds. The summed E-state index contributed by atoms with van der Waals surface area (Å²) < 4.78 is 0. The number of thioether (sulfide) groups is 1. The summed E-state index contributed by atoms with van der Waals surface area (Å²) in [5.74, 6) is 0.865. The third-order valence-corrected chi connectivity index (χ3v) is 4.04. The van der Waals surface area contributed by atoms with Crippen LogP contribution in [0.3, 0.4) is 0 Å². The summed E-state index contributed by atoms with van der Waals surface area (Å²) in [6.45, 7) is 2.23. The molecule has 20 heavy (non-hydrogen) atoms. The molecule has 0 bridgehead atoms. The van der Waals surface area contributed by atoms with Crippen molar-refractivity contribution >= 4 is 16.9 Å². The lowest BCUT2D eigenvalue weighted by Gasteiger charge is -1.99. The van der Waals surface area contributed by atoms with Crippen LogP contribution in [0.4, 0.5) is 0 Å². The van der Waals surface area contributed by atoms with Crippen LogP contribution < -0.4 is 0 Å². The topological polar surface area (TPSA) is 17.1 Å². The fraction of sp³-hybridized carbons (Fsp3) is 0.500. The van der Waals surface area contributed by atoms with E-state index >= 15 is 0 Å². The largest absolute Gasteiger partial charge is 0.282 e. The number of hydrogen-bond donors (Lipinski definition) is 0. The van der Waals surface area contributed by atoms with Crippen molar-refractivity contribution in [3.8, 4) is 0 Å². The van der Waals surface area contributed by atoms with Gasteiger partial charge in [0.15, 0.2) is 0 Å². The molecule has 0 atom stereocenters. The Bertz CT molecular complexity index is 384. The van der Waals surface area contributed by atoms with Crippen molar-refractivity contribution in [2.24, 2.45) is 0 Å². The number of aryl methyl sites for hydroxylation is 1. The third kappa shape index (κ3) is 8.98. The second kappa shape index (κ2) is 11.8. The van der Waals surface area contributed by atoms with Crippen LogP contribution in [-0.2, 0) is 11.2 Å². The molecule has 0 saturated carbocycles. The average Bonchev–Trinajstić information content (AvgIpc) is 2.47. The van der Waals surface area contributed by atoms with Crippen LogP contribution in [0.25, 0.3) is 0 Å². The lowest BCUT2D eigenvalue weighted by atomic mass is 10.1. The Labute approximate surface area is 127 Å². The molecule has 1 aromatic rings. The summed E-state index contributed by atoms with van der Waals surface area (Å²) in [7, 11) is 0. The number of benzene rings is 1. The minimum Gasteiger partial charge on any atom is -0.282 e. The highest BCUT2D eigenvalue weighted by atomic mass is 32.2. The van der Waals surface area contributed by atoms with Gasteiger partial charge in [0.05, 0.1) is 0 Å². The summed E-state index contributed by atoms with van der Waals surface area (Å²) in [6, 6.07) is 10.3. The van der Waals surface area contributed by atoms with Crippen molar-refractivity contribution in [3.05, 3.63) is 48.0 Å². The minimum atomic E-state index is 0.189. The van der Waals surface area contributed by atoms with Crippen LogP contribution in [-0.4, -0.2) is 10.9 Å². The van der Waals surface area contributed by atoms with Gasteiger partial charge in [0.25, 0.3) is 0 Å². The standard InChI is InChI=1S/C18H26OS/c1-2-3-4-5-6-7-11-14-18(19)20-16-15-17-12-9-8-10-13-17/h8-14H,2-7,15-16H2,1H3/b14-11+. The van der Waals surface area contributed by atoms with Crippen LogP contribution in [0.2, 0.25) is 0 Å². The second-order valence-corrected chi connectivity index (χ2v) is 6.11. The van der Waals surface area contributed by atoms with Crippen molar-refractivity contribution in [1.29, 1.82) is 0 Å². The van der Waals surface area contributed by atoms with Gasteiger partial charge in [-0.25, -0.2) is 0 Å². The van der Waals surface area contributed by atoms with Gasteiger partial charge in [-0.1, -0.05) is 80.8 Å². The summed E-state index contributed by atoms with van der Waals surface area (Å²) >= 11 is 1.42. The SMILES string of the molecule is CCCCCCC/C=C/C(=O)SCCc1ccccc1. The predicted octanol–water partition coefficient (Wildman–Crippen LogP) is 5.41. The van der Waals surface area contributed by atoms with Gasteiger partial charge in [-0.2, -0.15) is 0 Å².